The van der Waals surface area contributed by atoms with Crippen LogP contribution in [-0.4, -0.2) is 35.7 Å². The number of hydrogen-bond donors (Lipinski definition) is 3. The maximum atomic E-state index is 14.9. The molecule has 0 atom stereocenters. The SMILES string of the molecule is CNc1cc2c(cn1)CN(c1cc(NC(=O)Nc3ccn(C(C)(C)C)c3C)c(F)cc1C)C(=O)N2C. The fourth-order valence-electron chi connectivity index (χ4n) is 4.45. The molecule has 36 heavy (non-hydrogen) atoms. The third-order valence-corrected chi connectivity index (χ3v) is 6.36. The molecule has 2 aromatic heterocycles. The number of aryl methyl sites for hydroxylation is 1. The molecule has 1 aliphatic rings. The number of rotatable bonds is 4. The van der Waals surface area contributed by atoms with Gasteiger partial charge in [-0.15, -0.1) is 0 Å². The lowest BCUT2D eigenvalue weighted by molar-refractivity contribution is 0.251. The first-order valence-electron chi connectivity index (χ1n) is 11.7. The van der Waals surface area contributed by atoms with Gasteiger partial charge in [-0.2, -0.15) is 0 Å². The number of halogens is 1. The lowest BCUT2D eigenvalue weighted by Crippen LogP contribution is -2.45. The Morgan fingerprint density at radius 3 is 2.42 bits per heavy atom. The summed E-state index contributed by atoms with van der Waals surface area (Å²) in [6.45, 7) is 10.1. The van der Waals surface area contributed by atoms with Gasteiger partial charge in [0.25, 0.3) is 0 Å². The number of carbonyl (C=O) groups is 2. The van der Waals surface area contributed by atoms with Gasteiger partial charge in [0, 0.05) is 49.4 Å². The van der Waals surface area contributed by atoms with Crippen LogP contribution in [0.15, 0.2) is 36.7 Å². The van der Waals surface area contributed by atoms with Crippen molar-refractivity contribution in [2.75, 3.05) is 39.8 Å². The van der Waals surface area contributed by atoms with Crippen molar-refractivity contribution < 1.29 is 14.0 Å². The van der Waals surface area contributed by atoms with Crippen LogP contribution < -0.4 is 25.8 Å². The average molecular weight is 494 g/mol. The third kappa shape index (κ3) is 4.58. The molecule has 0 unspecified atom stereocenters. The molecule has 9 nitrogen and oxygen atoms in total. The fraction of sp³-hybridized carbons (Fsp3) is 0.346. The standard InChI is InChI=1S/C26H32FN7O2/c1-15-10-18(27)20(31-24(35)30-19-8-9-34(16(19)2)26(3,4)5)11-21(15)33-14-17-13-29-23(28-6)12-22(17)32(7)25(33)36/h8-13H,14H2,1-7H3,(H,28,29)(H2,30,31,35). The monoisotopic (exact) mass is 493 g/mol. The Kier molecular flexibility index (Phi) is 6.38. The molecule has 1 aromatic carbocycles. The average Bonchev–Trinajstić information content (AvgIpc) is 3.18. The predicted octanol–water partition coefficient (Wildman–Crippen LogP) is 5.66. The van der Waals surface area contributed by atoms with Crippen molar-refractivity contribution in [3.63, 3.8) is 0 Å². The van der Waals surface area contributed by atoms with Crippen molar-refractivity contribution in [3.8, 4) is 0 Å². The Labute approximate surface area is 210 Å². The van der Waals surface area contributed by atoms with Crippen molar-refractivity contribution in [2.45, 2.75) is 46.7 Å². The van der Waals surface area contributed by atoms with Crippen LogP contribution in [0, 0.1) is 19.7 Å². The minimum absolute atomic E-state index is 0.0223. The molecule has 0 spiro atoms. The molecular weight excluding hydrogens is 461 g/mol. The summed E-state index contributed by atoms with van der Waals surface area (Å²) in [4.78, 5) is 33.4. The molecule has 4 amide bonds. The Morgan fingerprint density at radius 2 is 1.78 bits per heavy atom. The number of aromatic nitrogens is 2. The molecule has 0 bridgehead atoms. The summed E-state index contributed by atoms with van der Waals surface area (Å²) in [7, 11) is 3.45. The van der Waals surface area contributed by atoms with E-state index in [1.54, 1.807) is 32.1 Å². The molecule has 10 heteroatoms. The van der Waals surface area contributed by atoms with Gasteiger partial charge in [-0.1, -0.05) is 0 Å². The highest BCUT2D eigenvalue weighted by molar-refractivity contribution is 6.07. The van der Waals surface area contributed by atoms with Crippen LogP contribution in [0.25, 0.3) is 0 Å². The molecular formula is C26H32FN7O2. The number of fused-ring (bicyclic) bond motifs is 1. The molecule has 3 heterocycles. The Bertz CT molecular complexity index is 1340. The van der Waals surface area contributed by atoms with Gasteiger partial charge in [0.15, 0.2) is 0 Å². The summed E-state index contributed by atoms with van der Waals surface area (Å²) in [6.07, 6.45) is 3.62. The van der Waals surface area contributed by atoms with E-state index >= 15 is 0 Å². The van der Waals surface area contributed by atoms with Crippen molar-refractivity contribution in [3.05, 3.63) is 59.3 Å². The summed E-state index contributed by atoms with van der Waals surface area (Å²) in [5.74, 6) is 0.0688. The van der Waals surface area contributed by atoms with Crippen LogP contribution in [0.3, 0.4) is 0 Å². The predicted molar refractivity (Wildman–Crippen MR) is 142 cm³/mol. The lowest BCUT2D eigenvalue weighted by atomic mass is 10.1. The van der Waals surface area contributed by atoms with Crippen molar-refractivity contribution in [1.29, 1.82) is 0 Å². The number of nitrogens with zero attached hydrogens (tertiary/aromatic N) is 4. The summed E-state index contributed by atoms with van der Waals surface area (Å²) < 4.78 is 16.9. The first kappa shape index (κ1) is 25.0. The van der Waals surface area contributed by atoms with E-state index in [0.29, 0.717) is 22.8 Å². The van der Waals surface area contributed by atoms with Crippen molar-refractivity contribution in [2.24, 2.45) is 0 Å². The first-order valence-corrected chi connectivity index (χ1v) is 11.7. The van der Waals surface area contributed by atoms with Gasteiger partial charge in [-0.25, -0.2) is 19.0 Å². The molecule has 1 aliphatic heterocycles. The number of urea groups is 2. The van der Waals surface area contributed by atoms with E-state index in [1.165, 1.54) is 17.0 Å². The van der Waals surface area contributed by atoms with E-state index < -0.39 is 11.8 Å². The minimum Gasteiger partial charge on any atom is -0.373 e. The second-order valence-electron chi connectivity index (χ2n) is 9.93. The highest BCUT2D eigenvalue weighted by atomic mass is 19.1. The summed E-state index contributed by atoms with van der Waals surface area (Å²) in [6, 6.07) is 5.59. The number of hydrogen-bond acceptors (Lipinski definition) is 4. The molecule has 0 radical (unpaired) electrons. The quantitative estimate of drug-likeness (QED) is 0.437. The maximum Gasteiger partial charge on any atom is 0.329 e. The Hall–Kier alpha value is -4.08. The highest BCUT2D eigenvalue weighted by Gasteiger charge is 2.31. The molecule has 4 rings (SSSR count). The second kappa shape index (κ2) is 9.18. The van der Waals surface area contributed by atoms with Crippen LogP contribution in [-0.2, 0) is 12.1 Å². The van der Waals surface area contributed by atoms with Crippen LogP contribution in [0.4, 0.5) is 42.5 Å². The third-order valence-electron chi connectivity index (χ3n) is 6.36. The van der Waals surface area contributed by atoms with Crippen LogP contribution in [0.1, 0.15) is 37.6 Å². The molecule has 3 N–H and O–H groups in total. The summed E-state index contributed by atoms with van der Waals surface area (Å²) in [5, 5.41) is 8.36. The summed E-state index contributed by atoms with van der Waals surface area (Å²) >= 11 is 0. The topological polar surface area (TPSA) is 94.5 Å². The van der Waals surface area contributed by atoms with Crippen molar-refractivity contribution >= 4 is 40.6 Å². The minimum atomic E-state index is -0.589. The van der Waals surface area contributed by atoms with E-state index in [-0.39, 0.29) is 23.8 Å². The number of amides is 4. The van der Waals surface area contributed by atoms with Crippen molar-refractivity contribution in [1.82, 2.24) is 9.55 Å². The van der Waals surface area contributed by atoms with Crippen LogP contribution in [0.5, 0.6) is 0 Å². The zero-order valence-electron chi connectivity index (χ0n) is 21.7. The van der Waals surface area contributed by atoms with Gasteiger partial charge in [0.2, 0.25) is 0 Å². The van der Waals surface area contributed by atoms with Gasteiger partial charge < -0.3 is 20.5 Å². The molecule has 0 saturated carbocycles. The van der Waals surface area contributed by atoms with Gasteiger partial charge in [-0.3, -0.25) is 9.80 Å². The number of benzene rings is 1. The van der Waals surface area contributed by atoms with Gasteiger partial charge in [0.05, 0.1) is 29.3 Å². The first-order chi connectivity index (χ1) is 16.9. The lowest BCUT2D eigenvalue weighted by Gasteiger charge is -2.36. The maximum absolute atomic E-state index is 14.9. The van der Waals surface area contributed by atoms with E-state index in [0.717, 1.165) is 16.9 Å². The van der Waals surface area contributed by atoms with E-state index in [1.807, 2.05) is 25.3 Å². The molecule has 0 fully saturated rings. The van der Waals surface area contributed by atoms with Gasteiger partial charge in [0.1, 0.15) is 11.6 Å². The number of pyridine rings is 1. The highest BCUT2D eigenvalue weighted by Crippen LogP contribution is 2.35. The smallest absolute Gasteiger partial charge is 0.329 e. The normalized spacial score (nSPS) is 13.5. The largest absolute Gasteiger partial charge is 0.373 e. The number of nitrogens with one attached hydrogen (secondary N) is 3. The molecule has 0 aliphatic carbocycles. The van der Waals surface area contributed by atoms with E-state index in [4.69, 9.17) is 0 Å². The molecule has 3 aromatic rings. The zero-order valence-corrected chi connectivity index (χ0v) is 21.7. The fourth-order valence-corrected chi connectivity index (χ4v) is 4.45. The Morgan fingerprint density at radius 1 is 1.08 bits per heavy atom. The number of carbonyl (C=O) groups excluding carboxylic acids is 2. The summed E-state index contributed by atoms with van der Waals surface area (Å²) in [5.41, 5.74) is 4.03. The zero-order chi connectivity index (χ0) is 26.4. The number of anilines is 5. The van der Waals surface area contributed by atoms with Crippen LogP contribution in [0.2, 0.25) is 0 Å². The Balaban J connectivity index is 1.59. The van der Waals surface area contributed by atoms with E-state index in [2.05, 4.69) is 46.3 Å². The second-order valence-corrected chi connectivity index (χ2v) is 9.93. The van der Waals surface area contributed by atoms with Crippen LogP contribution >= 0.6 is 0 Å². The molecule has 0 saturated heterocycles. The van der Waals surface area contributed by atoms with Gasteiger partial charge in [-0.05, 0) is 58.4 Å². The molecule has 190 valence electrons. The van der Waals surface area contributed by atoms with Gasteiger partial charge >= 0.3 is 12.1 Å². The van der Waals surface area contributed by atoms with E-state index in [9.17, 15) is 14.0 Å².